The van der Waals surface area contributed by atoms with Crippen LogP contribution in [0.4, 0.5) is 0 Å². The summed E-state index contributed by atoms with van der Waals surface area (Å²) in [5, 5.41) is 0. The van der Waals surface area contributed by atoms with E-state index in [1.807, 2.05) is 54.6 Å². The van der Waals surface area contributed by atoms with Gasteiger partial charge in [-0.1, -0.05) is 56.3 Å². The van der Waals surface area contributed by atoms with Crippen molar-refractivity contribution in [1.29, 1.82) is 0 Å². The molecule has 0 atom stereocenters. The molecular formula is C24H24O4. The van der Waals surface area contributed by atoms with Gasteiger partial charge >= 0.3 is 5.97 Å². The zero-order valence-corrected chi connectivity index (χ0v) is 16.1. The van der Waals surface area contributed by atoms with Crippen molar-refractivity contribution < 1.29 is 19.0 Å². The average molecular weight is 376 g/mol. The lowest BCUT2D eigenvalue weighted by Gasteiger charge is -2.10. The number of hydrogen-bond donors (Lipinski definition) is 0. The standard InChI is InChI=1S/C24H24O4/c1-18(2)20-8-10-21(11-9-20)27-17-24(25)28-23-14-12-22(13-15-23)26-16-19-6-4-3-5-7-19/h3-15,18H,16-17H2,1-2H3. The summed E-state index contributed by atoms with van der Waals surface area (Å²) >= 11 is 0. The summed E-state index contributed by atoms with van der Waals surface area (Å²) in [5.41, 5.74) is 2.32. The predicted molar refractivity (Wildman–Crippen MR) is 109 cm³/mol. The van der Waals surface area contributed by atoms with Crippen LogP contribution in [0.25, 0.3) is 0 Å². The van der Waals surface area contributed by atoms with E-state index in [-0.39, 0.29) is 6.61 Å². The van der Waals surface area contributed by atoms with Crippen molar-refractivity contribution in [1.82, 2.24) is 0 Å². The van der Waals surface area contributed by atoms with Crippen LogP contribution in [0.1, 0.15) is 30.9 Å². The van der Waals surface area contributed by atoms with Crippen LogP contribution in [0.3, 0.4) is 0 Å². The lowest BCUT2D eigenvalue weighted by atomic mass is 10.0. The van der Waals surface area contributed by atoms with Crippen LogP contribution in [-0.2, 0) is 11.4 Å². The Labute approximate surface area is 165 Å². The van der Waals surface area contributed by atoms with Gasteiger partial charge in [0, 0.05) is 0 Å². The van der Waals surface area contributed by atoms with E-state index < -0.39 is 5.97 Å². The maximum absolute atomic E-state index is 12.0. The van der Waals surface area contributed by atoms with Crippen molar-refractivity contribution in [3.63, 3.8) is 0 Å². The van der Waals surface area contributed by atoms with Gasteiger partial charge in [0.25, 0.3) is 0 Å². The van der Waals surface area contributed by atoms with Crippen molar-refractivity contribution in [2.24, 2.45) is 0 Å². The highest BCUT2D eigenvalue weighted by molar-refractivity contribution is 5.74. The van der Waals surface area contributed by atoms with E-state index in [0.717, 1.165) is 5.56 Å². The molecule has 0 saturated heterocycles. The van der Waals surface area contributed by atoms with Gasteiger partial charge < -0.3 is 14.2 Å². The molecule has 0 aromatic heterocycles. The fourth-order valence-electron chi connectivity index (χ4n) is 2.60. The molecule has 0 bridgehead atoms. The minimum absolute atomic E-state index is 0.146. The molecule has 0 spiro atoms. The molecule has 3 aromatic carbocycles. The third kappa shape index (κ3) is 5.88. The molecule has 0 aliphatic heterocycles. The van der Waals surface area contributed by atoms with E-state index in [1.165, 1.54) is 5.56 Å². The smallest absolute Gasteiger partial charge is 0.349 e. The summed E-state index contributed by atoms with van der Waals surface area (Å²) in [6.45, 7) is 4.60. The first-order chi connectivity index (χ1) is 13.6. The Morgan fingerprint density at radius 1 is 0.750 bits per heavy atom. The maximum Gasteiger partial charge on any atom is 0.349 e. The predicted octanol–water partition coefficient (Wildman–Crippen LogP) is 5.37. The summed E-state index contributed by atoms with van der Waals surface area (Å²) < 4.78 is 16.5. The quantitative estimate of drug-likeness (QED) is 0.391. The van der Waals surface area contributed by atoms with Gasteiger partial charge in [-0.2, -0.15) is 0 Å². The minimum Gasteiger partial charge on any atom is -0.489 e. The fourth-order valence-corrected chi connectivity index (χ4v) is 2.60. The van der Waals surface area contributed by atoms with Gasteiger partial charge in [-0.05, 0) is 53.4 Å². The van der Waals surface area contributed by atoms with Crippen molar-refractivity contribution >= 4 is 5.97 Å². The first-order valence-electron chi connectivity index (χ1n) is 9.30. The second-order valence-electron chi connectivity index (χ2n) is 6.73. The van der Waals surface area contributed by atoms with Gasteiger partial charge in [-0.15, -0.1) is 0 Å². The van der Waals surface area contributed by atoms with Crippen molar-refractivity contribution in [3.8, 4) is 17.2 Å². The Kier molecular flexibility index (Phi) is 6.68. The highest BCUT2D eigenvalue weighted by Gasteiger charge is 2.07. The zero-order chi connectivity index (χ0) is 19.8. The molecular weight excluding hydrogens is 352 g/mol. The van der Waals surface area contributed by atoms with Crippen LogP contribution < -0.4 is 14.2 Å². The first-order valence-corrected chi connectivity index (χ1v) is 9.30. The number of hydrogen-bond acceptors (Lipinski definition) is 4. The third-order valence-electron chi connectivity index (χ3n) is 4.21. The van der Waals surface area contributed by atoms with Crippen molar-refractivity contribution in [2.45, 2.75) is 26.4 Å². The Hall–Kier alpha value is -3.27. The van der Waals surface area contributed by atoms with Gasteiger partial charge in [0.15, 0.2) is 6.61 Å². The molecule has 4 heteroatoms. The monoisotopic (exact) mass is 376 g/mol. The number of carbonyl (C=O) groups is 1. The van der Waals surface area contributed by atoms with Gasteiger partial charge in [0.05, 0.1) is 0 Å². The second kappa shape index (κ2) is 9.60. The van der Waals surface area contributed by atoms with Crippen LogP contribution >= 0.6 is 0 Å². The van der Waals surface area contributed by atoms with E-state index in [1.54, 1.807) is 24.3 Å². The van der Waals surface area contributed by atoms with Crippen LogP contribution in [0.5, 0.6) is 17.2 Å². The fraction of sp³-hybridized carbons (Fsp3) is 0.208. The first kappa shape index (κ1) is 19.5. The molecule has 0 aliphatic carbocycles. The zero-order valence-electron chi connectivity index (χ0n) is 16.1. The number of rotatable bonds is 8. The summed E-state index contributed by atoms with van der Waals surface area (Å²) in [4.78, 5) is 12.0. The Balaban J connectivity index is 1.45. The van der Waals surface area contributed by atoms with Crippen molar-refractivity contribution in [3.05, 3.63) is 90.0 Å². The highest BCUT2D eigenvalue weighted by Crippen LogP contribution is 2.20. The molecule has 0 radical (unpaired) electrons. The van der Waals surface area contributed by atoms with E-state index in [2.05, 4.69) is 13.8 Å². The molecule has 0 saturated carbocycles. The SMILES string of the molecule is CC(C)c1ccc(OCC(=O)Oc2ccc(OCc3ccccc3)cc2)cc1. The van der Waals surface area contributed by atoms with Crippen molar-refractivity contribution in [2.75, 3.05) is 6.61 Å². The summed E-state index contributed by atoms with van der Waals surface area (Å²) in [7, 11) is 0. The van der Waals surface area contributed by atoms with Gasteiger partial charge in [0.1, 0.15) is 23.9 Å². The molecule has 0 amide bonds. The van der Waals surface area contributed by atoms with Crippen LogP contribution in [0, 0.1) is 0 Å². The van der Waals surface area contributed by atoms with Gasteiger partial charge in [-0.25, -0.2) is 4.79 Å². The average Bonchev–Trinajstić information content (AvgIpc) is 2.73. The molecule has 0 heterocycles. The number of ether oxygens (including phenoxy) is 3. The van der Waals surface area contributed by atoms with E-state index in [0.29, 0.717) is 29.8 Å². The Bertz CT molecular complexity index is 869. The van der Waals surface area contributed by atoms with Gasteiger partial charge in [-0.3, -0.25) is 0 Å². The maximum atomic E-state index is 12.0. The topological polar surface area (TPSA) is 44.8 Å². The lowest BCUT2D eigenvalue weighted by Crippen LogP contribution is -2.17. The molecule has 3 rings (SSSR count). The molecule has 28 heavy (non-hydrogen) atoms. The summed E-state index contributed by atoms with van der Waals surface area (Å²) in [6, 6.07) is 24.6. The third-order valence-corrected chi connectivity index (χ3v) is 4.21. The molecule has 3 aromatic rings. The second-order valence-corrected chi connectivity index (χ2v) is 6.73. The number of benzene rings is 3. The Morgan fingerprint density at radius 2 is 1.32 bits per heavy atom. The molecule has 0 aliphatic rings. The van der Waals surface area contributed by atoms with E-state index in [9.17, 15) is 4.79 Å². The largest absolute Gasteiger partial charge is 0.489 e. The highest BCUT2D eigenvalue weighted by atomic mass is 16.6. The lowest BCUT2D eigenvalue weighted by molar-refractivity contribution is -0.136. The minimum atomic E-state index is -0.453. The normalized spacial score (nSPS) is 10.5. The van der Waals surface area contributed by atoms with E-state index >= 15 is 0 Å². The Morgan fingerprint density at radius 3 is 1.96 bits per heavy atom. The number of esters is 1. The molecule has 0 N–H and O–H groups in total. The molecule has 144 valence electrons. The molecule has 4 nitrogen and oxygen atoms in total. The number of carbonyl (C=O) groups excluding carboxylic acids is 1. The molecule has 0 unspecified atom stereocenters. The molecule has 0 fully saturated rings. The van der Waals surface area contributed by atoms with E-state index in [4.69, 9.17) is 14.2 Å². The van der Waals surface area contributed by atoms with Crippen LogP contribution in [-0.4, -0.2) is 12.6 Å². The summed E-state index contributed by atoms with van der Waals surface area (Å²) in [6.07, 6.45) is 0. The summed E-state index contributed by atoms with van der Waals surface area (Å²) in [5.74, 6) is 1.82. The van der Waals surface area contributed by atoms with Crippen LogP contribution in [0.15, 0.2) is 78.9 Å². The van der Waals surface area contributed by atoms with Crippen LogP contribution in [0.2, 0.25) is 0 Å². The van der Waals surface area contributed by atoms with Gasteiger partial charge in [0.2, 0.25) is 0 Å².